The molecule has 22 heavy (non-hydrogen) atoms. The second-order valence-electron chi connectivity index (χ2n) is 6.55. The summed E-state index contributed by atoms with van der Waals surface area (Å²) in [7, 11) is 0. The molecule has 0 amide bonds. The number of aromatic nitrogens is 2. The van der Waals surface area contributed by atoms with Gasteiger partial charge in [0.05, 0.1) is 17.8 Å². The summed E-state index contributed by atoms with van der Waals surface area (Å²) in [6, 6.07) is 0. The number of aromatic amines is 1. The standard InChI is InChI=1S/C15H22N2O5/c1-9-8-17(14(20)16-13(9)19)12-6-10(18)11(22-12)7-15(21)4-2-3-5-15/h8,10-12,18,21H,2-7H2,1H3,(H,16,19,20)/t10?,11-,12-/m1/s1. The molecule has 1 aromatic rings. The number of nitrogens with one attached hydrogen (secondary N) is 1. The third kappa shape index (κ3) is 2.88. The van der Waals surface area contributed by atoms with Crippen LogP contribution in [0.2, 0.25) is 0 Å². The van der Waals surface area contributed by atoms with Crippen molar-refractivity contribution in [2.45, 2.75) is 69.5 Å². The highest BCUT2D eigenvalue weighted by Gasteiger charge is 2.42. The van der Waals surface area contributed by atoms with E-state index in [1.54, 1.807) is 6.92 Å². The lowest BCUT2D eigenvalue weighted by atomic mass is 9.92. The Morgan fingerprint density at radius 2 is 2.09 bits per heavy atom. The average Bonchev–Trinajstić information content (AvgIpc) is 3.02. The molecule has 0 spiro atoms. The molecule has 0 aromatic carbocycles. The van der Waals surface area contributed by atoms with E-state index >= 15 is 0 Å². The largest absolute Gasteiger partial charge is 0.390 e. The van der Waals surface area contributed by atoms with Gasteiger partial charge < -0.3 is 14.9 Å². The summed E-state index contributed by atoms with van der Waals surface area (Å²) in [5.41, 5.74) is -1.33. The Labute approximate surface area is 127 Å². The van der Waals surface area contributed by atoms with Gasteiger partial charge in [0.2, 0.25) is 0 Å². The van der Waals surface area contributed by atoms with E-state index in [0.717, 1.165) is 25.7 Å². The van der Waals surface area contributed by atoms with Crippen LogP contribution in [-0.4, -0.2) is 37.6 Å². The summed E-state index contributed by atoms with van der Waals surface area (Å²) in [6.07, 6.45) is 3.68. The van der Waals surface area contributed by atoms with Crippen molar-refractivity contribution in [2.24, 2.45) is 0 Å². The maximum Gasteiger partial charge on any atom is 0.330 e. The Bertz CT molecular complexity index is 659. The first-order chi connectivity index (χ1) is 10.4. The van der Waals surface area contributed by atoms with Crippen molar-refractivity contribution in [2.75, 3.05) is 0 Å². The van der Waals surface area contributed by atoms with E-state index in [1.165, 1.54) is 10.8 Å². The molecule has 1 aliphatic heterocycles. The van der Waals surface area contributed by atoms with Gasteiger partial charge in [0, 0.05) is 24.6 Å². The van der Waals surface area contributed by atoms with Crippen LogP contribution in [0.5, 0.6) is 0 Å². The number of hydrogen-bond acceptors (Lipinski definition) is 5. The molecule has 3 N–H and O–H groups in total. The molecule has 3 atom stereocenters. The minimum atomic E-state index is -0.771. The third-order valence-electron chi connectivity index (χ3n) is 4.78. The lowest BCUT2D eigenvalue weighted by Crippen LogP contribution is -2.35. The smallest absolute Gasteiger partial charge is 0.330 e. The second kappa shape index (κ2) is 5.64. The zero-order valence-electron chi connectivity index (χ0n) is 12.6. The van der Waals surface area contributed by atoms with Crippen LogP contribution in [0.25, 0.3) is 0 Å². The lowest BCUT2D eigenvalue weighted by molar-refractivity contribution is -0.0719. The Hall–Kier alpha value is -1.44. The van der Waals surface area contributed by atoms with Gasteiger partial charge in [-0.2, -0.15) is 0 Å². The monoisotopic (exact) mass is 310 g/mol. The van der Waals surface area contributed by atoms with Crippen molar-refractivity contribution < 1.29 is 14.9 Å². The molecule has 1 aromatic heterocycles. The van der Waals surface area contributed by atoms with Gasteiger partial charge in [0.1, 0.15) is 6.23 Å². The number of H-pyrrole nitrogens is 1. The first kappa shape index (κ1) is 15.5. The molecular weight excluding hydrogens is 288 g/mol. The molecule has 1 saturated heterocycles. The first-order valence-electron chi connectivity index (χ1n) is 7.76. The van der Waals surface area contributed by atoms with Crippen LogP contribution in [-0.2, 0) is 4.74 Å². The van der Waals surface area contributed by atoms with Gasteiger partial charge in [-0.15, -0.1) is 0 Å². The SMILES string of the molecule is Cc1cn([C@H]2CC(O)[C@@H](CC3(O)CCCC3)O2)c(=O)[nH]c1=O. The summed E-state index contributed by atoms with van der Waals surface area (Å²) >= 11 is 0. The Morgan fingerprint density at radius 3 is 2.77 bits per heavy atom. The number of aliphatic hydroxyl groups is 2. The van der Waals surface area contributed by atoms with E-state index < -0.39 is 35.3 Å². The number of rotatable bonds is 3. The van der Waals surface area contributed by atoms with Crippen LogP contribution in [0.15, 0.2) is 15.8 Å². The normalized spacial score (nSPS) is 30.8. The minimum Gasteiger partial charge on any atom is -0.390 e. The highest BCUT2D eigenvalue weighted by molar-refractivity contribution is 5.02. The molecule has 1 unspecified atom stereocenters. The molecule has 7 nitrogen and oxygen atoms in total. The summed E-state index contributed by atoms with van der Waals surface area (Å²) in [5.74, 6) is 0. The Kier molecular flexibility index (Phi) is 3.96. The molecule has 7 heteroatoms. The fraction of sp³-hybridized carbons (Fsp3) is 0.733. The van der Waals surface area contributed by atoms with Gasteiger partial charge in [-0.3, -0.25) is 14.3 Å². The van der Waals surface area contributed by atoms with E-state index in [1.807, 2.05) is 0 Å². The Morgan fingerprint density at radius 1 is 1.41 bits per heavy atom. The van der Waals surface area contributed by atoms with Crippen LogP contribution < -0.4 is 11.2 Å². The van der Waals surface area contributed by atoms with Gasteiger partial charge in [-0.05, 0) is 19.8 Å². The molecule has 2 aliphatic rings. The van der Waals surface area contributed by atoms with Crippen molar-refractivity contribution in [3.05, 3.63) is 32.6 Å². The molecule has 0 radical (unpaired) electrons. The Balaban J connectivity index is 1.77. The van der Waals surface area contributed by atoms with Crippen molar-refractivity contribution >= 4 is 0 Å². The molecule has 122 valence electrons. The predicted octanol–water partition coefficient (Wildman–Crippen LogP) is 0.189. The highest BCUT2D eigenvalue weighted by Crippen LogP contribution is 2.38. The van der Waals surface area contributed by atoms with Crippen LogP contribution in [0.4, 0.5) is 0 Å². The van der Waals surface area contributed by atoms with E-state index in [4.69, 9.17) is 4.74 Å². The second-order valence-corrected chi connectivity index (χ2v) is 6.55. The number of aryl methyl sites for hydroxylation is 1. The van der Waals surface area contributed by atoms with Crippen LogP contribution >= 0.6 is 0 Å². The molecular formula is C15H22N2O5. The van der Waals surface area contributed by atoms with E-state index in [-0.39, 0.29) is 6.42 Å². The molecule has 1 saturated carbocycles. The molecule has 2 heterocycles. The molecule has 0 bridgehead atoms. The summed E-state index contributed by atoms with van der Waals surface area (Å²) in [4.78, 5) is 25.5. The zero-order valence-corrected chi connectivity index (χ0v) is 12.6. The van der Waals surface area contributed by atoms with E-state index in [2.05, 4.69) is 4.98 Å². The van der Waals surface area contributed by atoms with E-state index in [9.17, 15) is 19.8 Å². The van der Waals surface area contributed by atoms with Crippen LogP contribution in [0.1, 0.15) is 50.3 Å². The van der Waals surface area contributed by atoms with Gasteiger partial charge in [-0.25, -0.2) is 4.79 Å². The maximum atomic E-state index is 11.9. The van der Waals surface area contributed by atoms with Gasteiger partial charge >= 0.3 is 5.69 Å². The average molecular weight is 310 g/mol. The fourth-order valence-corrected chi connectivity index (χ4v) is 3.48. The first-order valence-corrected chi connectivity index (χ1v) is 7.76. The zero-order chi connectivity index (χ0) is 15.9. The predicted molar refractivity (Wildman–Crippen MR) is 78.6 cm³/mol. The summed E-state index contributed by atoms with van der Waals surface area (Å²) < 4.78 is 7.10. The molecule has 1 aliphatic carbocycles. The van der Waals surface area contributed by atoms with Gasteiger partial charge in [0.25, 0.3) is 5.56 Å². The number of aliphatic hydroxyl groups excluding tert-OH is 1. The minimum absolute atomic E-state index is 0.270. The topological polar surface area (TPSA) is 105 Å². The quantitative estimate of drug-likeness (QED) is 0.739. The summed E-state index contributed by atoms with van der Waals surface area (Å²) in [6.45, 7) is 1.61. The van der Waals surface area contributed by atoms with Crippen molar-refractivity contribution in [3.8, 4) is 0 Å². The van der Waals surface area contributed by atoms with Crippen LogP contribution in [0.3, 0.4) is 0 Å². The van der Waals surface area contributed by atoms with E-state index in [0.29, 0.717) is 12.0 Å². The summed E-state index contributed by atoms with van der Waals surface area (Å²) in [5, 5.41) is 20.6. The van der Waals surface area contributed by atoms with Crippen molar-refractivity contribution in [1.29, 1.82) is 0 Å². The third-order valence-corrected chi connectivity index (χ3v) is 4.78. The van der Waals surface area contributed by atoms with Crippen LogP contribution in [0, 0.1) is 6.92 Å². The van der Waals surface area contributed by atoms with Gasteiger partial charge in [0.15, 0.2) is 0 Å². The highest BCUT2D eigenvalue weighted by atomic mass is 16.5. The number of nitrogens with zero attached hydrogens (tertiary/aromatic N) is 1. The maximum absolute atomic E-state index is 11.9. The number of ether oxygens (including phenoxy) is 1. The number of hydrogen-bond donors (Lipinski definition) is 3. The lowest BCUT2D eigenvalue weighted by Gasteiger charge is -2.27. The fourth-order valence-electron chi connectivity index (χ4n) is 3.48. The van der Waals surface area contributed by atoms with Gasteiger partial charge in [-0.1, -0.05) is 12.8 Å². The molecule has 3 rings (SSSR count). The molecule has 2 fully saturated rings. The van der Waals surface area contributed by atoms with Crippen molar-refractivity contribution in [1.82, 2.24) is 9.55 Å². The van der Waals surface area contributed by atoms with Crippen molar-refractivity contribution in [3.63, 3.8) is 0 Å².